The van der Waals surface area contributed by atoms with E-state index in [4.69, 9.17) is 10.00 Å². The molecule has 1 saturated heterocycles. The molecule has 1 aliphatic heterocycles. The van der Waals surface area contributed by atoms with Crippen molar-refractivity contribution in [3.63, 3.8) is 0 Å². The molecule has 0 aromatic rings. The third kappa shape index (κ3) is 3.69. The molecule has 5 heteroatoms. The number of hydrogen-bond acceptors (Lipinski definition) is 4. The summed E-state index contributed by atoms with van der Waals surface area (Å²) in [6.45, 7) is 5.96. The molecule has 1 aliphatic rings. The van der Waals surface area contributed by atoms with Crippen molar-refractivity contribution in [2.24, 2.45) is 5.92 Å². The lowest BCUT2D eigenvalue weighted by molar-refractivity contribution is -0.136. The molecular weight excluding hydrogens is 230 g/mol. The zero-order valence-electron chi connectivity index (χ0n) is 11.5. The molecule has 1 rings (SSSR count). The Morgan fingerprint density at radius 2 is 2.33 bits per heavy atom. The minimum absolute atomic E-state index is 0.0464. The van der Waals surface area contributed by atoms with Crippen LogP contribution in [0.1, 0.15) is 26.7 Å². The second-order valence-electron chi connectivity index (χ2n) is 4.86. The molecule has 1 N–H and O–H groups in total. The van der Waals surface area contributed by atoms with Crippen LogP contribution in [0.2, 0.25) is 0 Å². The molecule has 0 radical (unpaired) electrons. The molecule has 0 aliphatic carbocycles. The smallest absolute Gasteiger partial charge is 0.229 e. The molecule has 5 nitrogen and oxygen atoms in total. The summed E-state index contributed by atoms with van der Waals surface area (Å²) in [4.78, 5) is 14.0. The fourth-order valence-electron chi connectivity index (χ4n) is 2.08. The fourth-order valence-corrected chi connectivity index (χ4v) is 2.08. The van der Waals surface area contributed by atoms with E-state index in [1.165, 1.54) is 0 Å². The summed E-state index contributed by atoms with van der Waals surface area (Å²) in [5, 5.41) is 12.0. The lowest BCUT2D eigenvalue weighted by atomic mass is 10.0. The van der Waals surface area contributed by atoms with Gasteiger partial charge in [0.2, 0.25) is 5.91 Å². The summed E-state index contributed by atoms with van der Waals surface area (Å²) in [7, 11) is 1.76. The third-order valence-electron chi connectivity index (χ3n) is 3.45. The summed E-state index contributed by atoms with van der Waals surface area (Å²) >= 11 is 0. The highest BCUT2D eigenvalue weighted by Crippen LogP contribution is 2.18. The molecule has 1 amide bonds. The average molecular weight is 253 g/mol. The van der Waals surface area contributed by atoms with Crippen LogP contribution in [0.5, 0.6) is 0 Å². The molecule has 3 unspecified atom stereocenters. The maximum Gasteiger partial charge on any atom is 0.229 e. The van der Waals surface area contributed by atoms with E-state index in [-0.39, 0.29) is 23.9 Å². The molecule has 3 atom stereocenters. The second kappa shape index (κ2) is 7.34. The predicted molar refractivity (Wildman–Crippen MR) is 68.9 cm³/mol. The van der Waals surface area contributed by atoms with Crippen LogP contribution >= 0.6 is 0 Å². The van der Waals surface area contributed by atoms with Crippen molar-refractivity contribution in [3.8, 4) is 6.07 Å². The standard InChI is InChI=1S/C13H23N3O2/c1-4-7-15-12-9-18-8-11(12)13(17)16(3)10(2)5-6-14/h10-12,15H,4-5,7-9H2,1-3H3. The van der Waals surface area contributed by atoms with Gasteiger partial charge in [0.15, 0.2) is 0 Å². The Morgan fingerprint density at radius 3 is 2.94 bits per heavy atom. The predicted octanol–water partition coefficient (Wildman–Crippen LogP) is 0.762. The van der Waals surface area contributed by atoms with Crippen molar-refractivity contribution in [1.29, 1.82) is 5.26 Å². The van der Waals surface area contributed by atoms with Crippen LogP contribution in [0.4, 0.5) is 0 Å². The first-order chi connectivity index (χ1) is 8.61. The Labute approximate surface area is 109 Å². The van der Waals surface area contributed by atoms with Crippen LogP contribution in [-0.2, 0) is 9.53 Å². The highest BCUT2D eigenvalue weighted by Gasteiger charge is 2.36. The molecular formula is C13H23N3O2. The maximum atomic E-state index is 12.3. The van der Waals surface area contributed by atoms with Crippen molar-refractivity contribution in [1.82, 2.24) is 10.2 Å². The van der Waals surface area contributed by atoms with Gasteiger partial charge in [0, 0.05) is 19.1 Å². The molecule has 102 valence electrons. The lowest BCUT2D eigenvalue weighted by Gasteiger charge is -2.28. The van der Waals surface area contributed by atoms with E-state index >= 15 is 0 Å². The van der Waals surface area contributed by atoms with Crippen molar-refractivity contribution >= 4 is 5.91 Å². The molecule has 0 aromatic carbocycles. The van der Waals surface area contributed by atoms with E-state index in [9.17, 15) is 4.79 Å². The van der Waals surface area contributed by atoms with Crippen LogP contribution in [0.25, 0.3) is 0 Å². The van der Waals surface area contributed by atoms with Gasteiger partial charge in [-0.1, -0.05) is 6.92 Å². The van der Waals surface area contributed by atoms with Gasteiger partial charge in [0.05, 0.1) is 31.6 Å². The summed E-state index contributed by atoms with van der Waals surface area (Å²) < 4.78 is 5.40. The van der Waals surface area contributed by atoms with Crippen molar-refractivity contribution in [2.45, 2.75) is 38.8 Å². The van der Waals surface area contributed by atoms with Crippen molar-refractivity contribution < 1.29 is 9.53 Å². The van der Waals surface area contributed by atoms with Gasteiger partial charge in [-0.15, -0.1) is 0 Å². The van der Waals surface area contributed by atoms with Crippen LogP contribution in [-0.4, -0.2) is 49.7 Å². The number of hydrogen-bond donors (Lipinski definition) is 1. The van der Waals surface area contributed by atoms with Crippen LogP contribution in [0.3, 0.4) is 0 Å². The molecule has 1 heterocycles. The second-order valence-corrected chi connectivity index (χ2v) is 4.86. The Bertz CT molecular complexity index is 314. The minimum atomic E-state index is -0.123. The number of carbonyl (C=O) groups excluding carboxylic acids is 1. The molecule has 0 spiro atoms. The van der Waals surface area contributed by atoms with Crippen molar-refractivity contribution in [2.75, 3.05) is 26.8 Å². The van der Waals surface area contributed by atoms with Gasteiger partial charge in [-0.3, -0.25) is 4.79 Å². The van der Waals surface area contributed by atoms with E-state index < -0.39 is 0 Å². The lowest BCUT2D eigenvalue weighted by Crippen LogP contribution is -2.47. The van der Waals surface area contributed by atoms with E-state index in [2.05, 4.69) is 18.3 Å². The number of carbonyl (C=O) groups is 1. The van der Waals surface area contributed by atoms with Crippen LogP contribution in [0.15, 0.2) is 0 Å². The van der Waals surface area contributed by atoms with Crippen molar-refractivity contribution in [3.05, 3.63) is 0 Å². The van der Waals surface area contributed by atoms with Gasteiger partial charge in [0.25, 0.3) is 0 Å². The summed E-state index contributed by atoms with van der Waals surface area (Å²) in [5.41, 5.74) is 0. The number of ether oxygens (including phenoxy) is 1. The Kier molecular flexibility index (Phi) is 6.10. The van der Waals surface area contributed by atoms with Crippen LogP contribution in [0, 0.1) is 17.2 Å². The molecule has 0 bridgehead atoms. The molecule has 1 fully saturated rings. The van der Waals surface area contributed by atoms with Gasteiger partial charge < -0.3 is 15.0 Å². The zero-order chi connectivity index (χ0) is 13.5. The number of amides is 1. The number of nitrogens with zero attached hydrogens (tertiary/aromatic N) is 2. The summed E-state index contributed by atoms with van der Waals surface area (Å²) in [6.07, 6.45) is 1.40. The van der Waals surface area contributed by atoms with Gasteiger partial charge in [0.1, 0.15) is 0 Å². The highest BCUT2D eigenvalue weighted by molar-refractivity contribution is 5.80. The van der Waals surface area contributed by atoms with E-state index in [1.807, 2.05) is 6.92 Å². The average Bonchev–Trinajstić information content (AvgIpc) is 2.83. The third-order valence-corrected chi connectivity index (χ3v) is 3.45. The van der Waals surface area contributed by atoms with E-state index in [1.54, 1.807) is 11.9 Å². The minimum Gasteiger partial charge on any atom is -0.379 e. The Morgan fingerprint density at radius 1 is 1.61 bits per heavy atom. The monoisotopic (exact) mass is 253 g/mol. The molecule has 0 saturated carbocycles. The van der Waals surface area contributed by atoms with Gasteiger partial charge in [-0.05, 0) is 19.9 Å². The summed E-state index contributed by atoms with van der Waals surface area (Å²) in [5.74, 6) is -0.0495. The SMILES string of the molecule is CCCNC1COCC1C(=O)N(C)C(C)CC#N. The molecule has 0 aromatic heterocycles. The zero-order valence-corrected chi connectivity index (χ0v) is 11.5. The maximum absolute atomic E-state index is 12.3. The van der Waals surface area contributed by atoms with E-state index in [0.717, 1.165) is 13.0 Å². The number of nitriles is 1. The van der Waals surface area contributed by atoms with Gasteiger partial charge in [-0.25, -0.2) is 0 Å². The normalized spacial score (nSPS) is 24.6. The topological polar surface area (TPSA) is 65.4 Å². The summed E-state index contributed by atoms with van der Waals surface area (Å²) in [6, 6.07) is 2.16. The van der Waals surface area contributed by atoms with Crippen LogP contribution < -0.4 is 5.32 Å². The first kappa shape index (κ1) is 14.9. The number of nitrogens with one attached hydrogen (secondary N) is 1. The first-order valence-electron chi connectivity index (χ1n) is 6.56. The Balaban J connectivity index is 2.56. The molecule has 18 heavy (non-hydrogen) atoms. The van der Waals surface area contributed by atoms with Gasteiger partial charge in [-0.2, -0.15) is 5.26 Å². The quantitative estimate of drug-likeness (QED) is 0.759. The highest BCUT2D eigenvalue weighted by atomic mass is 16.5. The van der Waals surface area contributed by atoms with Gasteiger partial charge >= 0.3 is 0 Å². The first-order valence-corrected chi connectivity index (χ1v) is 6.56. The number of rotatable bonds is 6. The Hall–Kier alpha value is -1.12. The largest absolute Gasteiger partial charge is 0.379 e. The fraction of sp³-hybridized carbons (Fsp3) is 0.846. The van der Waals surface area contributed by atoms with E-state index in [0.29, 0.717) is 19.6 Å².